The number of phenols is 1. The minimum absolute atomic E-state index is 0.167. The number of aromatic nitrogens is 1. The lowest BCUT2D eigenvalue weighted by atomic mass is 10.1. The second kappa shape index (κ2) is 4.74. The van der Waals surface area contributed by atoms with Gasteiger partial charge in [-0.1, -0.05) is 18.2 Å². The van der Waals surface area contributed by atoms with Crippen molar-refractivity contribution in [2.75, 3.05) is 5.32 Å². The molecule has 0 atom stereocenters. The Bertz CT molecular complexity index is 790. The third-order valence-corrected chi connectivity index (χ3v) is 3.39. The molecule has 0 aliphatic heterocycles. The van der Waals surface area contributed by atoms with Crippen LogP contribution in [0.5, 0.6) is 5.75 Å². The first-order valence-corrected chi connectivity index (χ1v) is 6.33. The van der Waals surface area contributed by atoms with Gasteiger partial charge in [-0.25, -0.2) is 0 Å². The molecule has 0 aliphatic rings. The van der Waals surface area contributed by atoms with Crippen LogP contribution in [-0.2, 0) is 0 Å². The average Bonchev–Trinajstić information content (AvgIpc) is 2.92. The van der Waals surface area contributed by atoms with E-state index in [1.165, 1.54) is 0 Å². The molecule has 0 bridgehead atoms. The minimum Gasteiger partial charge on any atom is -0.508 e. The smallest absolute Gasteiger partial charge is 0.257 e. The SMILES string of the molecule is Cc1c(O)cccc1NC(=O)c1cccc2cc[nH]c12. The highest BCUT2D eigenvalue weighted by molar-refractivity contribution is 6.12. The highest BCUT2D eigenvalue weighted by Gasteiger charge is 2.12. The van der Waals surface area contributed by atoms with E-state index in [1.54, 1.807) is 37.4 Å². The second-order valence-electron chi connectivity index (χ2n) is 4.65. The Morgan fingerprint density at radius 1 is 1.15 bits per heavy atom. The zero-order valence-electron chi connectivity index (χ0n) is 11.0. The Morgan fingerprint density at radius 3 is 2.80 bits per heavy atom. The number of amides is 1. The lowest BCUT2D eigenvalue weighted by Gasteiger charge is -2.10. The van der Waals surface area contributed by atoms with Crippen LogP contribution in [0.25, 0.3) is 10.9 Å². The van der Waals surface area contributed by atoms with Crippen LogP contribution in [0.15, 0.2) is 48.7 Å². The number of aromatic amines is 1. The van der Waals surface area contributed by atoms with Crippen molar-refractivity contribution in [1.82, 2.24) is 4.98 Å². The molecule has 2 aromatic carbocycles. The van der Waals surface area contributed by atoms with Crippen molar-refractivity contribution in [2.24, 2.45) is 0 Å². The van der Waals surface area contributed by atoms with E-state index in [9.17, 15) is 9.90 Å². The minimum atomic E-state index is -0.202. The van der Waals surface area contributed by atoms with E-state index in [-0.39, 0.29) is 11.7 Å². The van der Waals surface area contributed by atoms with Gasteiger partial charge in [0.2, 0.25) is 0 Å². The zero-order valence-corrected chi connectivity index (χ0v) is 11.0. The number of carbonyl (C=O) groups is 1. The van der Waals surface area contributed by atoms with Crippen LogP contribution in [0.4, 0.5) is 5.69 Å². The number of para-hydroxylation sites is 1. The molecule has 3 aromatic rings. The van der Waals surface area contributed by atoms with Crippen molar-refractivity contribution >= 4 is 22.5 Å². The molecular formula is C16H14N2O2. The van der Waals surface area contributed by atoms with E-state index in [1.807, 2.05) is 18.2 Å². The van der Waals surface area contributed by atoms with E-state index < -0.39 is 0 Å². The second-order valence-corrected chi connectivity index (χ2v) is 4.65. The maximum absolute atomic E-state index is 12.4. The van der Waals surface area contributed by atoms with Gasteiger partial charge in [0.15, 0.2) is 0 Å². The first-order chi connectivity index (χ1) is 9.66. The fraction of sp³-hybridized carbons (Fsp3) is 0.0625. The molecule has 0 aliphatic carbocycles. The summed E-state index contributed by atoms with van der Waals surface area (Å²) in [5.41, 5.74) is 2.65. The first-order valence-electron chi connectivity index (χ1n) is 6.33. The predicted molar refractivity (Wildman–Crippen MR) is 79.1 cm³/mol. The molecule has 0 unspecified atom stereocenters. The molecule has 1 aromatic heterocycles. The fourth-order valence-corrected chi connectivity index (χ4v) is 2.22. The number of H-pyrrole nitrogens is 1. The van der Waals surface area contributed by atoms with Gasteiger partial charge in [0, 0.05) is 22.8 Å². The molecule has 1 amide bonds. The Hall–Kier alpha value is -2.75. The number of rotatable bonds is 2. The molecule has 1 heterocycles. The number of hydrogen-bond acceptors (Lipinski definition) is 2. The van der Waals surface area contributed by atoms with E-state index >= 15 is 0 Å². The summed E-state index contributed by atoms with van der Waals surface area (Å²) in [5, 5.41) is 13.5. The van der Waals surface area contributed by atoms with E-state index in [4.69, 9.17) is 0 Å². The molecule has 0 spiro atoms. The molecule has 20 heavy (non-hydrogen) atoms. The fourth-order valence-electron chi connectivity index (χ4n) is 2.22. The van der Waals surface area contributed by atoms with Gasteiger partial charge in [0.1, 0.15) is 5.75 Å². The van der Waals surface area contributed by atoms with E-state index in [0.29, 0.717) is 16.8 Å². The molecule has 3 rings (SSSR count). The largest absolute Gasteiger partial charge is 0.508 e. The number of anilines is 1. The number of phenolic OH excluding ortho intramolecular Hbond substituents is 1. The zero-order chi connectivity index (χ0) is 14.1. The molecule has 4 nitrogen and oxygen atoms in total. The monoisotopic (exact) mass is 266 g/mol. The molecule has 0 fully saturated rings. The highest BCUT2D eigenvalue weighted by atomic mass is 16.3. The number of nitrogens with one attached hydrogen (secondary N) is 2. The lowest BCUT2D eigenvalue weighted by Crippen LogP contribution is -2.13. The summed E-state index contributed by atoms with van der Waals surface area (Å²) in [5.74, 6) is -0.0346. The molecule has 3 N–H and O–H groups in total. The number of benzene rings is 2. The number of hydrogen-bond donors (Lipinski definition) is 3. The van der Waals surface area contributed by atoms with Gasteiger partial charge in [0.05, 0.1) is 11.1 Å². The third-order valence-electron chi connectivity index (χ3n) is 3.39. The van der Waals surface area contributed by atoms with Gasteiger partial charge in [-0.2, -0.15) is 0 Å². The van der Waals surface area contributed by atoms with Gasteiger partial charge in [-0.05, 0) is 31.2 Å². The van der Waals surface area contributed by atoms with Crippen LogP contribution in [0.2, 0.25) is 0 Å². The Balaban J connectivity index is 1.97. The van der Waals surface area contributed by atoms with E-state index in [2.05, 4.69) is 10.3 Å². The summed E-state index contributed by atoms with van der Waals surface area (Å²) in [6.45, 7) is 1.76. The number of fused-ring (bicyclic) bond motifs is 1. The Morgan fingerprint density at radius 2 is 1.95 bits per heavy atom. The van der Waals surface area contributed by atoms with Gasteiger partial charge >= 0.3 is 0 Å². The summed E-state index contributed by atoms with van der Waals surface area (Å²) in [6, 6.07) is 12.5. The molecule has 0 saturated heterocycles. The average molecular weight is 266 g/mol. The molecule has 100 valence electrons. The van der Waals surface area contributed by atoms with Crippen LogP contribution in [0.3, 0.4) is 0 Å². The van der Waals surface area contributed by atoms with Crippen LogP contribution in [0, 0.1) is 6.92 Å². The molecule has 0 radical (unpaired) electrons. The number of aromatic hydroxyl groups is 1. The highest BCUT2D eigenvalue weighted by Crippen LogP contribution is 2.25. The summed E-state index contributed by atoms with van der Waals surface area (Å²) in [6.07, 6.45) is 1.81. The van der Waals surface area contributed by atoms with Crippen LogP contribution >= 0.6 is 0 Å². The van der Waals surface area contributed by atoms with Gasteiger partial charge in [-0.3, -0.25) is 4.79 Å². The molecule has 4 heteroatoms. The van der Waals surface area contributed by atoms with Crippen molar-refractivity contribution in [2.45, 2.75) is 6.92 Å². The van der Waals surface area contributed by atoms with Crippen molar-refractivity contribution in [3.05, 3.63) is 59.8 Å². The third kappa shape index (κ3) is 2.01. The quantitative estimate of drug-likeness (QED) is 0.665. The Kier molecular flexibility index (Phi) is 2.91. The predicted octanol–water partition coefficient (Wildman–Crippen LogP) is 3.43. The van der Waals surface area contributed by atoms with Crippen LogP contribution < -0.4 is 5.32 Å². The Labute approximate surface area is 116 Å². The summed E-state index contributed by atoms with van der Waals surface area (Å²) in [7, 11) is 0. The van der Waals surface area contributed by atoms with Gasteiger partial charge < -0.3 is 15.4 Å². The van der Waals surface area contributed by atoms with Crippen molar-refractivity contribution in [3.63, 3.8) is 0 Å². The molecule has 0 saturated carbocycles. The van der Waals surface area contributed by atoms with Crippen molar-refractivity contribution in [1.29, 1.82) is 0 Å². The summed E-state index contributed by atoms with van der Waals surface area (Å²) >= 11 is 0. The van der Waals surface area contributed by atoms with Crippen LogP contribution in [-0.4, -0.2) is 16.0 Å². The van der Waals surface area contributed by atoms with Gasteiger partial charge in [-0.15, -0.1) is 0 Å². The standard InChI is InChI=1S/C16H14N2O2/c1-10-13(6-3-7-14(10)19)18-16(20)12-5-2-4-11-8-9-17-15(11)12/h2-9,17,19H,1H3,(H,18,20). The van der Waals surface area contributed by atoms with Crippen molar-refractivity contribution < 1.29 is 9.90 Å². The normalized spacial score (nSPS) is 10.7. The topological polar surface area (TPSA) is 65.1 Å². The van der Waals surface area contributed by atoms with Crippen molar-refractivity contribution in [3.8, 4) is 5.75 Å². The maximum Gasteiger partial charge on any atom is 0.257 e. The van der Waals surface area contributed by atoms with E-state index in [0.717, 1.165) is 10.9 Å². The first kappa shape index (κ1) is 12.3. The number of carbonyl (C=O) groups excluding carboxylic acids is 1. The summed E-state index contributed by atoms with van der Waals surface area (Å²) < 4.78 is 0. The van der Waals surface area contributed by atoms with Crippen LogP contribution in [0.1, 0.15) is 15.9 Å². The van der Waals surface area contributed by atoms with Gasteiger partial charge in [0.25, 0.3) is 5.91 Å². The molecular weight excluding hydrogens is 252 g/mol. The maximum atomic E-state index is 12.4. The summed E-state index contributed by atoms with van der Waals surface area (Å²) in [4.78, 5) is 15.4. The lowest BCUT2D eigenvalue weighted by molar-refractivity contribution is 0.102.